The van der Waals surface area contributed by atoms with Crippen LogP contribution in [0, 0.1) is 0 Å². The van der Waals surface area contributed by atoms with E-state index in [1.807, 2.05) is 0 Å². The van der Waals surface area contributed by atoms with Crippen LogP contribution >= 0.6 is 0 Å². The Morgan fingerprint density at radius 2 is 1.32 bits per heavy atom. The maximum Gasteiger partial charge on any atom is 0.0366 e. The number of nitrogens with zero attached hydrogens (tertiary/aromatic N) is 1. The molecule has 0 aromatic heterocycles. The van der Waals surface area contributed by atoms with Crippen molar-refractivity contribution in [3.63, 3.8) is 0 Å². The monoisotopic (exact) mass is 325 g/mol. The van der Waals surface area contributed by atoms with E-state index < -0.39 is 0 Å². The van der Waals surface area contributed by atoms with E-state index in [1.54, 1.807) is 0 Å². The van der Waals surface area contributed by atoms with Gasteiger partial charge in [-0.25, -0.2) is 0 Å². The van der Waals surface area contributed by atoms with Crippen molar-refractivity contribution in [3.05, 3.63) is 77.9 Å². The van der Waals surface area contributed by atoms with E-state index in [4.69, 9.17) is 0 Å². The highest BCUT2D eigenvalue weighted by Gasteiger charge is 2.18. The van der Waals surface area contributed by atoms with Crippen molar-refractivity contribution < 1.29 is 0 Å². The molecule has 0 atom stereocenters. The van der Waals surface area contributed by atoms with E-state index in [2.05, 4.69) is 71.6 Å². The molecule has 0 saturated carbocycles. The molecule has 3 aromatic carbocycles. The summed E-state index contributed by atoms with van der Waals surface area (Å²) in [5, 5.41) is 0. The van der Waals surface area contributed by atoms with Gasteiger partial charge in [0.25, 0.3) is 0 Å². The average Bonchev–Trinajstić information content (AvgIpc) is 3.06. The van der Waals surface area contributed by atoms with Gasteiger partial charge < -0.3 is 4.90 Å². The molecule has 0 amide bonds. The number of hydrogen-bond donors (Lipinski definition) is 0. The van der Waals surface area contributed by atoms with Crippen LogP contribution in [0.15, 0.2) is 66.7 Å². The summed E-state index contributed by atoms with van der Waals surface area (Å²) in [6.45, 7) is 2.41. The first-order valence-electron chi connectivity index (χ1n) is 9.45. The molecule has 25 heavy (non-hydrogen) atoms. The zero-order chi connectivity index (χ0) is 16.6. The van der Waals surface area contributed by atoms with Gasteiger partial charge in [0.1, 0.15) is 0 Å². The Hall–Kier alpha value is -2.54. The van der Waals surface area contributed by atoms with Crippen LogP contribution in [0.2, 0.25) is 0 Å². The Balaban J connectivity index is 1.43. The third kappa shape index (κ3) is 2.64. The van der Waals surface area contributed by atoms with Gasteiger partial charge >= 0.3 is 0 Å². The van der Waals surface area contributed by atoms with E-state index >= 15 is 0 Å². The highest BCUT2D eigenvalue weighted by molar-refractivity contribution is 5.80. The Labute approximate surface area is 149 Å². The maximum absolute atomic E-state index is 2.52. The smallest absolute Gasteiger partial charge is 0.0366 e. The Morgan fingerprint density at radius 3 is 2.16 bits per heavy atom. The van der Waals surface area contributed by atoms with E-state index in [9.17, 15) is 0 Å². The summed E-state index contributed by atoms with van der Waals surface area (Å²) in [5.74, 6) is 0. The molecule has 1 aliphatic carbocycles. The van der Waals surface area contributed by atoms with Gasteiger partial charge in [-0.3, -0.25) is 0 Å². The number of fused-ring (bicyclic) bond motifs is 3. The predicted octanol–water partition coefficient (Wildman–Crippen LogP) is 5.92. The van der Waals surface area contributed by atoms with Crippen LogP contribution in [0.3, 0.4) is 0 Å². The Bertz CT molecular complexity index is 902. The lowest BCUT2D eigenvalue weighted by atomic mass is 9.99. The van der Waals surface area contributed by atoms with Gasteiger partial charge in [0.2, 0.25) is 0 Å². The van der Waals surface area contributed by atoms with E-state index in [0.717, 1.165) is 6.42 Å². The fourth-order valence-electron chi connectivity index (χ4n) is 4.34. The SMILES string of the molecule is c1ccc2c(c1)Cc1cc(-c3ccc(N4CCCCC4)cc3)ccc1-2. The van der Waals surface area contributed by atoms with Crippen LogP contribution in [0.4, 0.5) is 5.69 Å². The second kappa shape index (κ2) is 6.07. The van der Waals surface area contributed by atoms with Crippen molar-refractivity contribution >= 4 is 5.69 Å². The standard InChI is InChI=1S/C24H23N/c1-4-14-25(15-5-1)22-11-8-18(9-12-22)19-10-13-24-21(16-19)17-20-6-2-3-7-23(20)24/h2-3,6-13,16H,1,4-5,14-15,17H2. The molecule has 0 unspecified atom stereocenters. The Morgan fingerprint density at radius 1 is 0.600 bits per heavy atom. The van der Waals surface area contributed by atoms with Gasteiger partial charge in [0.15, 0.2) is 0 Å². The molecule has 1 saturated heterocycles. The van der Waals surface area contributed by atoms with Crippen LogP contribution < -0.4 is 4.90 Å². The summed E-state index contributed by atoms with van der Waals surface area (Å²) in [7, 11) is 0. The lowest BCUT2D eigenvalue weighted by molar-refractivity contribution is 0.578. The summed E-state index contributed by atoms with van der Waals surface area (Å²) in [6, 6.07) is 24.9. The third-order valence-corrected chi connectivity index (χ3v) is 5.72. The second-order valence-electron chi connectivity index (χ2n) is 7.30. The molecule has 1 aliphatic heterocycles. The molecule has 0 spiro atoms. The van der Waals surface area contributed by atoms with Crippen molar-refractivity contribution in [2.24, 2.45) is 0 Å². The van der Waals surface area contributed by atoms with Crippen molar-refractivity contribution in [2.45, 2.75) is 25.7 Å². The summed E-state index contributed by atoms with van der Waals surface area (Å²) in [4.78, 5) is 2.52. The molecular formula is C24H23N. The van der Waals surface area contributed by atoms with Crippen molar-refractivity contribution in [1.82, 2.24) is 0 Å². The minimum atomic E-state index is 1.06. The third-order valence-electron chi connectivity index (χ3n) is 5.72. The molecule has 0 N–H and O–H groups in total. The minimum Gasteiger partial charge on any atom is -0.372 e. The molecular weight excluding hydrogens is 302 g/mol. The minimum absolute atomic E-state index is 1.06. The van der Waals surface area contributed by atoms with Crippen LogP contribution in [0.5, 0.6) is 0 Å². The second-order valence-corrected chi connectivity index (χ2v) is 7.30. The number of rotatable bonds is 2. The number of anilines is 1. The number of piperidine rings is 1. The quantitative estimate of drug-likeness (QED) is 0.442. The first-order chi connectivity index (χ1) is 12.4. The van der Waals surface area contributed by atoms with Crippen LogP contribution in [-0.4, -0.2) is 13.1 Å². The normalized spacial score (nSPS) is 15.8. The molecule has 1 fully saturated rings. The molecule has 1 heteroatoms. The molecule has 1 nitrogen and oxygen atoms in total. The van der Waals surface area contributed by atoms with Gasteiger partial charge in [-0.05, 0) is 71.2 Å². The zero-order valence-electron chi connectivity index (χ0n) is 14.5. The zero-order valence-corrected chi connectivity index (χ0v) is 14.5. The fourth-order valence-corrected chi connectivity index (χ4v) is 4.34. The average molecular weight is 325 g/mol. The van der Waals surface area contributed by atoms with Crippen molar-refractivity contribution in [3.8, 4) is 22.3 Å². The van der Waals surface area contributed by atoms with E-state index in [1.165, 1.54) is 71.4 Å². The molecule has 0 bridgehead atoms. The summed E-state index contributed by atoms with van der Waals surface area (Å²) >= 11 is 0. The largest absolute Gasteiger partial charge is 0.372 e. The Kier molecular flexibility index (Phi) is 3.59. The fraction of sp³-hybridized carbons (Fsp3) is 0.250. The van der Waals surface area contributed by atoms with Crippen LogP contribution in [0.25, 0.3) is 22.3 Å². The highest BCUT2D eigenvalue weighted by Crippen LogP contribution is 2.38. The van der Waals surface area contributed by atoms with Crippen LogP contribution in [0.1, 0.15) is 30.4 Å². The molecule has 1 heterocycles. The molecule has 124 valence electrons. The summed E-state index contributed by atoms with van der Waals surface area (Å²) < 4.78 is 0. The summed E-state index contributed by atoms with van der Waals surface area (Å²) in [6.07, 6.45) is 5.09. The maximum atomic E-state index is 2.52. The number of hydrogen-bond acceptors (Lipinski definition) is 1. The lowest BCUT2D eigenvalue weighted by Crippen LogP contribution is -2.29. The van der Waals surface area contributed by atoms with Gasteiger partial charge in [0.05, 0.1) is 0 Å². The number of benzene rings is 3. The first-order valence-corrected chi connectivity index (χ1v) is 9.45. The van der Waals surface area contributed by atoms with Gasteiger partial charge in [-0.1, -0.05) is 54.6 Å². The molecule has 0 radical (unpaired) electrons. The van der Waals surface area contributed by atoms with Gasteiger partial charge in [-0.15, -0.1) is 0 Å². The topological polar surface area (TPSA) is 3.24 Å². The lowest BCUT2D eigenvalue weighted by Gasteiger charge is -2.28. The molecule has 2 aliphatic rings. The van der Waals surface area contributed by atoms with Gasteiger partial charge in [0, 0.05) is 18.8 Å². The van der Waals surface area contributed by atoms with Crippen LogP contribution in [-0.2, 0) is 6.42 Å². The predicted molar refractivity (Wildman–Crippen MR) is 106 cm³/mol. The van der Waals surface area contributed by atoms with E-state index in [-0.39, 0.29) is 0 Å². The van der Waals surface area contributed by atoms with Crippen molar-refractivity contribution in [1.29, 1.82) is 0 Å². The highest BCUT2D eigenvalue weighted by atomic mass is 15.1. The van der Waals surface area contributed by atoms with Gasteiger partial charge in [-0.2, -0.15) is 0 Å². The first kappa shape index (κ1) is 14.8. The molecule has 3 aromatic rings. The van der Waals surface area contributed by atoms with Crippen molar-refractivity contribution in [2.75, 3.05) is 18.0 Å². The van der Waals surface area contributed by atoms with E-state index in [0.29, 0.717) is 0 Å². The summed E-state index contributed by atoms with van der Waals surface area (Å²) in [5.41, 5.74) is 9.75. The molecule has 5 rings (SSSR count).